The number of aryl methyl sites for hydroxylation is 1. The molecule has 0 bridgehead atoms. The quantitative estimate of drug-likeness (QED) is 0.600. The Morgan fingerprint density at radius 1 is 1.04 bits per heavy atom. The molecule has 1 N–H and O–H groups in total. The van der Waals surface area contributed by atoms with Crippen LogP contribution in [0.5, 0.6) is 11.5 Å². The number of nitrogens with one attached hydrogen (secondary N) is 1. The minimum absolute atomic E-state index is 0.132. The molecule has 23 heavy (non-hydrogen) atoms. The van der Waals surface area contributed by atoms with Crippen molar-refractivity contribution >= 4 is 5.91 Å². The van der Waals surface area contributed by atoms with Crippen molar-refractivity contribution in [2.24, 2.45) is 0 Å². The molecule has 0 saturated carbocycles. The Morgan fingerprint density at radius 2 is 1.65 bits per heavy atom. The van der Waals surface area contributed by atoms with Gasteiger partial charge in [-0.3, -0.25) is 4.79 Å². The molecule has 4 nitrogen and oxygen atoms in total. The van der Waals surface area contributed by atoms with Gasteiger partial charge in [0.1, 0.15) is 24.7 Å². The van der Waals surface area contributed by atoms with Gasteiger partial charge < -0.3 is 14.8 Å². The lowest BCUT2D eigenvalue weighted by Gasteiger charge is -2.08. The number of carbonyl (C=O) groups is 1. The Bertz CT molecular complexity index is 633. The van der Waals surface area contributed by atoms with Gasteiger partial charge in [-0.05, 0) is 43.3 Å². The molecule has 0 unspecified atom stereocenters. The van der Waals surface area contributed by atoms with Crippen LogP contribution in [0.1, 0.15) is 15.9 Å². The molecule has 1 amide bonds. The highest BCUT2D eigenvalue weighted by Gasteiger charge is 2.05. The molecule has 0 radical (unpaired) electrons. The zero-order chi connectivity index (χ0) is 16.5. The summed E-state index contributed by atoms with van der Waals surface area (Å²) in [5.41, 5.74) is 1.78. The van der Waals surface area contributed by atoms with Gasteiger partial charge in [-0.2, -0.15) is 0 Å². The summed E-state index contributed by atoms with van der Waals surface area (Å²) in [5.74, 6) is 1.38. The lowest BCUT2D eigenvalue weighted by Crippen LogP contribution is -2.28. The van der Waals surface area contributed by atoms with E-state index in [-0.39, 0.29) is 5.91 Å². The van der Waals surface area contributed by atoms with Gasteiger partial charge in [0.2, 0.25) is 0 Å². The highest BCUT2D eigenvalue weighted by molar-refractivity contribution is 5.94. The van der Waals surface area contributed by atoms with E-state index in [9.17, 15) is 4.79 Å². The minimum atomic E-state index is -0.132. The van der Waals surface area contributed by atoms with Crippen LogP contribution in [0.25, 0.3) is 0 Å². The van der Waals surface area contributed by atoms with Crippen LogP contribution in [0.3, 0.4) is 0 Å². The largest absolute Gasteiger partial charge is 0.492 e. The van der Waals surface area contributed by atoms with Crippen LogP contribution in [0.4, 0.5) is 0 Å². The van der Waals surface area contributed by atoms with Gasteiger partial charge in [-0.25, -0.2) is 0 Å². The van der Waals surface area contributed by atoms with E-state index in [4.69, 9.17) is 9.47 Å². The molecular formula is C19H21NO3. The second-order valence-corrected chi connectivity index (χ2v) is 5.04. The molecule has 0 spiro atoms. The first-order valence-electron chi connectivity index (χ1n) is 7.50. The summed E-state index contributed by atoms with van der Waals surface area (Å²) in [6.45, 7) is 6.93. The molecule has 0 aliphatic carbocycles. The average molecular weight is 311 g/mol. The molecule has 4 heteroatoms. The van der Waals surface area contributed by atoms with Crippen molar-refractivity contribution in [1.29, 1.82) is 0 Å². The van der Waals surface area contributed by atoms with Crippen molar-refractivity contribution in [2.45, 2.75) is 6.92 Å². The van der Waals surface area contributed by atoms with Crippen LogP contribution < -0.4 is 14.8 Å². The second-order valence-electron chi connectivity index (χ2n) is 5.04. The first-order valence-corrected chi connectivity index (χ1v) is 7.50. The van der Waals surface area contributed by atoms with Crippen LogP contribution in [-0.4, -0.2) is 25.7 Å². The van der Waals surface area contributed by atoms with E-state index >= 15 is 0 Å². The Balaban J connectivity index is 1.73. The smallest absolute Gasteiger partial charge is 0.251 e. The zero-order valence-electron chi connectivity index (χ0n) is 13.2. The molecule has 120 valence electrons. The maximum absolute atomic E-state index is 12.0. The lowest BCUT2D eigenvalue weighted by atomic mass is 10.2. The van der Waals surface area contributed by atoms with Crippen LogP contribution in [0.15, 0.2) is 61.2 Å². The number of hydrogen-bond donors (Lipinski definition) is 1. The summed E-state index contributed by atoms with van der Waals surface area (Å²) in [4.78, 5) is 12.0. The van der Waals surface area contributed by atoms with Crippen LogP contribution in [0.2, 0.25) is 0 Å². The van der Waals surface area contributed by atoms with Crippen molar-refractivity contribution in [2.75, 3.05) is 19.8 Å². The molecule has 0 atom stereocenters. The zero-order valence-corrected chi connectivity index (χ0v) is 13.2. The van der Waals surface area contributed by atoms with Crippen LogP contribution >= 0.6 is 0 Å². The third kappa shape index (κ3) is 5.51. The molecule has 2 rings (SSSR count). The third-order valence-electron chi connectivity index (χ3n) is 3.16. The van der Waals surface area contributed by atoms with E-state index in [0.717, 1.165) is 5.75 Å². The number of benzene rings is 2. The average Bonchev–Trinajstić information content (AvgIpc) is 2.58. The van der Waals surface area contributed by atoms with Crippen LogP contribution in [0, 0.1) is 6.92 Å². The normalized spacial score (nSPS) is 9.96. The van der Waals surface area contributed by atoms with E-state index in [1.807, 2.05) is 31.2 Å². The first-order chi connectivity index (χ1) is 11.2. The summed E-state index contributed by atoms with van der Waals surface area (Å²) >= 11 is 0. The fourth-order valence-corrected chi connectivity index (χ4v) is 1.93. The Kier molecular flexibility index (Phi) is 6.24. The second kappa shape index (κ2) is 8.63. The van der Waals surface area contributed by atoms with Crippen LogP contribution in [-0.2, 0) is 0 Å². The Morgan fingerprint density at radius 3 is 2.30 bits per heavy atom. The SMILES string of the molecule is C=CCOc1ccc(C(=O)NCCOc2ccc(C)cc2)cc1. The van der Waals surface area contributed by atoms with E-state index in [0.29, 0.717) is 31.1 Å². The molecule has 0 aliphatic rings. The molecular weight excluding hydrogens is 290 g/mol. The summed E-state index contributed by atoms with van der Waals surface area (Å²) in [7, 11) is 0. The standard InChI is InChI=1S/C19H21NO3/c1-3-13-22-18-10-6-16(7-11-18)19(21)20-12-14-23-17-8-4-15(2)5-9-17/h3-11H,1,12-14H2,2H3,(H,20,21). The Labute approximate surface area is 136 Å². The molecule has 2 aromatic rings. The fourth-order valence-electron chi connectivity index (χ4n) is 1.93. The maximum atomic E-state index is 12.0. The molecule has 2 aromatic carbocycles. The van der Waals surface area contributed by atoms with Crippen molar-refractivity contribution in [3.8, 4) is 11.5 Å². The summed E-state index contributed by atoms with van der Waals surface area (Å²) in [6, 6.07) is 14.8. The minimum Gasteiger partial charge on any atom is -0.492 e. The van der Waals surface area contributed by atoms with Gasteiger partial charge in [0.05, 0.1) is 6.54 Å². The highest BCUT2D eigenvalue weighted by Crippen LogP contribution is 2.12. The monoisotopic (exact) mass is 311 g/mol. The summed E-state index contributed by atoms with van der Waals surface area (Å²) in [5, 5.41) is 2.82. The number of rotatable bonds is 8. The predicted molar refractivity (Wildman–Crippen MR) is 91.1 cm³/mol. The number of hydrogen-bond acceptors (Lipinski definition) is 3. The van der Waals surface area contributed by atoms with E-state index in [1.165, 1.54) is 5.56 Å². The van der Waals surface area contributed by atoms with Gasteiger partial charge in [0.25, 0.3) is 5.91 Å². The van der Waals surface area contributed by atoms with Gasteiger partial charge in [0.15, 0.2) is 0 Å². The van der Waals surface area contributed by atoms with Gasteiger partial charge in [0, 0.05) is 5.56 Å². The first kappa shape index (κ1) is 16.6. The molecule has 0 fully saturated rings. The Hall–Kier alpha value is -2.75. The number of amides is 1. The molecule has 0 aromatic heterocycles. The van der Waals surface area contributed by atoms with Gasteiger partial charge in [-0.15, -0.1) is 0 Å². The number of ether oxygens (including phenoxy) is 2. The molecule has 0 heterocycles. The van der Waals surface area contributed by atoms with E-state index in [1.54, 1.807) is 30.3 Å². The lowest BCUT2D eigenvalue weighted by molar-refractivity contribution is 0.0947. The van der Waals surface area contributed by atoms with E-state index in [2.05, 4.69) is 11.9 Å². The maximum Gasteiger partial charge on any atom is 0.251 e. The topological polar surface area (TPSA) is 47.6 Å². The van der Waals surface area contributed by atoms with Crippen molar-refractivity contribution < 1.29 is 14.3 Å². The molecule has 0 saturated heterocycles. The van der Waals surface area contributed by atoms with Gasteiger partial charge >= 0.3 is 0 Å². The summed E-state index contributed by atoms with van der Waals surface area (Å²) < 4.78 is 10.9. The fraction of sp³-hybridized carbons (Fsp3) is 0.211. The van der Waals surface area contributed by atoms with Gasteiger partial charge in [-0.1, -0.05) is 30.4 Å². The predicted octanol–water partition coefficient (Wildman–Crippen LogP) is 3.37. The summed E-state index contributed by atoms with van der Waals surface area (Å²) in [6.07, 6.45) is 1.68. The van der Waals surface area contributed by atoms with Crippen molar-refractivity contribution in [1.82, 2.24) is 5.32 Å². The molecule has 0 aliphatic heterocycles. The van der Waals surface area contributed by atoms with Crippen molar-refractivity contribution in [3.05, 3.63) is 72.3 Å². The number of carbonyl (C=O) groups excluding carboxylic acids is 1. The van der Waals surface area contributed by atoms with E-state index < -0.39 is 0 Å². The highest BCUT2D eigenvalue weighted by atomic mass is 16.5. The third-order valence-corrected chi connectivity index (χ3v) is 3.16. The van der Waals surface area contributed by atoms with Crippen molar-refractivity contribution in [3.63, 3.8) is 0 Å².